The van der Waals surface area contributed by atoms with Gasteiger partial charge in [0, 0.05) is 32.1 Å². The van der Waals surface area contributed by atoms with Crippen LogP contribution in [-0.4, -0.2) is 82.3 Å². The Bertz CT molecular complexity index is 384. The molecule has 2 rings (SSSR count). The van der Waals surface area contributed by atoms with Crippen LogP contribution in [0.2, 0.25) is 0 Å². The molecule has 0 bridgehead atoms. The molecule has 126 valence electrons. The van der Waals surface area contributed by atoms with E-state index in [0.29, 0.717) is 19.6 Å². The number of carbonyl (C=O) groups excluding carboxylic acids is 1. The Hall–Kier alpha value is -1.67. The van der Waals surface area contributed by atoms with E-state index in [2.05, 4.69) is 0 Å². The molecular weight excluding hydrogens is 292 g/mol. The second-order valence-electron chi connectivity index (χ2n) is 5.67. The summed E-state index contributed by atoms with van der Waals surface area (Å²) in [6.45, 7) is 2.60. The summed E-state index contributed by atoms with van der Waals surface area (Å²) in [7, 11) is 0. The lowest BCUT2D eigenvalue weighted by molar-refractivity contribution is -0.138. The fourth-order valence-corrected chi connectivity index (χ4v) is 2.93. The van der Waals surface area contributed by atoms with Crippen molar-refractivity contribution in [1.82, 2.24) is 9.80 Å². The average Bonchev–Trinajstić information content (AvgIpc) is 2.80. The summed E-state index contributed by atoms with van der Waals surface area (Å²) in [5.41, 5.74) is 0. The molecular formula is C14H24N2O6. The predicted molar refractivity (Wildman–Crippen MR) is 77.3 cm³/mol. The molecule has 22 heavy (non-hydrogen) atoms. The highest BCUT2D eigenvalue weighted by Gasteiger charge is 2.34. The Labute approximate surface area is 129 Å². The van der Waals surface area contributed by atoms with Crippen molar-refractivity contribution in [2.45, 2.75) is 31.8 Å². The molecule has 2 saturated heterocycles. The summed E-state index contributed by atoms with van der Waals surface area (Å²) < 4.78 is 0. The highest BCUT2D eigenvalue weighted by molar-refractivity contribution is 5.78. The van der Waals surface area contributed by atoms with Crippen LogP contribution in [0.5, 0.6) is 0 Å². The molecule has 0 aromatic rings. The Kier molecular flexibility index (Phi) is 7.83. The SMILES string of the molecule is O=C(O)C[C@@H]1CN(CC(=O)N2CCCCC2)C[C@H]1O.O=CO. The van der Waals surface area contributed by atoms with E-state index in [9.17, 15) is 14.7 Å². The van der Waals surface area contributed by atoms with Gasteiger partial charge in [-0.2, -0.15) is 0 Å². The molecule has 0 aliphatic carbocycles. The second kappa shape index (κ2) is 9.37. The summed E-state index contributed by atoms with van der Waals surface area (Å²) in [6.07, 6.45) is 2.65. The van der Waals surface area contributed by atoms with Gasteiger partial charge in [0.2, 0.25) is 5.91 Å². The first kappa shape index (κ1) is 18.4. The van der Waals surface area contributed by atoms with Crippen molar-refractivity contribution >= 4 is 18.3 Å². The van der Waals surface area contributed by atoms with Gasteiger partial charge >= 0.3 is 5.97 Å². The van der Waals surface area contributed by atoms with E-state index < -0.39 is 12.1 Å². The van der Waals surface area contributed by atoms with Gasteiger partial charge in [0.05, 0.1) is 19.1 Å². The summed E-state index contributed by atoms with van der Waals surface area (Å²) in [6, 6.07) is 0. The molecule has 8 heteroatoms. The smallest absolute Gasteiger partial charge is 0.303 e. The number of nitrogens with zero attached hydrogens (tertiary/aromatic N) is 2. The van der Waals surface area contributed by atoms with E-state index in [1.165, 1.54) is 6.42 Å². The number of hydrogen-bond acceptors (Lipinski definition) is 5. The monoisotopic (exact) mass is 316 g/mol. The van der Waals surface area contributed by atoms with E-state index in [-0.39, 0.29) is 24.7 Å². The minimum atomic E-state index is -0.895. The van der Waals surface area contributed by atoms with Gasteiger partial charge in [-0.25, -0.2) is 0 Å². The Balaban J connectivity index is 0.000000745. The van der Waals surface area contributed by atoms with Crippen molar-refractivity contribution in [3.05, 3.63) is 0 Å². The van der Waals surface area contributed by atoms with Gasteiger partial charge in [-0.1, -0.05) is 0 Å². The van der Waals surface area contributed by atoms with Crippen LogP contribution in [0.1, 0.15) is 25.7 Å². The third-order valence-corrected chi connectivity index (χ3v) is 3.99. The molecule has 2 aliphatic rings. The zero-order chi connectivity index (χ0) is 16.5. The Morgan fingerprint density at radius 2 is 1.73 bits per heavy atom. The molecule has 2 atom stereocenters. The molecule has 0 unspecified atom stereocenters. The van der Waals surface area contributed by atoms with Gasteiger partial charge in [-0.15, -0.1) is 0 Å². The highest BCUT2D eigenvalue weighted by Crippen LogP contribution is 2.20. The minimum absolute atomic E-state index is 0.0322. The topological polar surface area (TPSA) is 118 Å². The lowest BCUT2D eigenvalue weighted by atomic mass is 10.0. The van der Waals surface area contributed by atoms with Crippen LogP contribution in [0, 0.1) is 5.92 Å². The van der Waals surface area contributed by atoms with E-state index in [4.69, 9.17) is 15.0 Å². The number of piperidine rings is 1. The maximum atomic E-state index is 12.1. The number of likely N-dealkylation sites (tertiary alicyclic amines) is 2. The number of aliphatic hydroxyl groups is 1. The van der Waals surface area contributed by atoms with E-state index in [0.717, 1.165) is 25.9 Å². The summed E-state index contributed by atoms with van der Waals surface area (Å²) >= 11 is 0. The van der Waals surface area contributed by atoms with Crippen LogP contribution in [0.4, 0.5) is 0 Å². The lowest BCUT2D eigenvalue weighted by Crippen LogP contribution is -2.42. The number of aliphatic carboxylic acids is 1. The first-order chi connectivity index (χ1) is 10.5. The Morgan fingerprint density at radius 1 is 1.14 bits per heavy atom. The molecule has 2 aliphatic heterocycles. The molecule has 2 fully saturated rings. The first-order valence-corrected chi connectivity index (χ1v) is 7.45. The molecule has 0 radical (unpaired) electrons. The summed E-state index contributed by atoms with van der Waals surface area (Å²) in [5, 5.41) is 25.4. The van der Waals surface area contributed by atoms with Crippen LogP contribution in [0.15, 0.2) is 0 Å². The largest absolute Gasteiger partial charge is 0.483 e. The van der Waals surface area contributed by atoms with Crippen LogP contribution >= 0.6 is 0 Å². The molecule has 0 saturated carbocycles. The van der Waals surface area contributed by atoms with Gasteiger partial charge < -0.3 is 20.2 Å². The Morgan fingerprint density at radius 3 is 2.27 bits per heavy atom. The van der Waals surface area contributed by atoms with Gasteiger partial charge in [0.1, 0.15) is 0 Å². The number of carboxylic acids is 1. The fraction of sp³-hybridized carbons (Fsp3) is 0.786. The van der Waals surface area contributed by atoms with E-state index in [1.54, 1.807) is 0 Å². The van der Waals surface area contributed by atoms with Crippen molar-refractivity contribution < 1.29 is 29.7 Å². The van der Waals surface area contributed by atoms with Crippen LogP contribution in [0.25, 0.3) is 0 Å². The number of carbonyl (C=O) groups is 3. The molecule has 0 aromatic heterocycles. The number of hydrogen-bond donors (Lipinski definition) is 3. The number of rotatable bonds is 4. The van der Waals surface area contributed by atoms with Crippen molar-refractivity contribution in [2.24, 2.45) is 5.92 Å². The van der Waals surface area contributed by atoms with Crippen LogP contribution in [-0.2, 0) is 14.4 Å². The van der Waals surface area contributed by atoms with Crippen molar-refractivity contribution in [3.8, 4) is 0 Å². The van der Waals surface area contributed by atoms with Crippen molar-refractivity contribution in [3.63, 3.8) is 0 Å². The minimum Gasteiger partial charge on any atom is -0.483 e. The van der Waals surface area contributed by atoms with Crippen molar-refractivity contribution in [1.29, 1.82) is 0 Å². The van der Waals surface area contributed by atoms with E-state index >= 15 is 0 Å². The zero-order valence-corrected chi connectivity index (χ0v) is 12.6. The normalized spacial score (nSPS) is 25.2. The maximum Gasteiger partial charge on any atom is 0.303 e. The standard InChI is InChI=1S/C13H22N2O4.CH2O2/c16-11-8-14(7-10(11)6-13(18)19)9-12(17)15-4-2-1-3-5-15;2-1-3/h10-11,16H,1-9H2,(H,18,19);1H,(H,2,3)/t10-,11-;/m1./s1. The van der Waals surface area contributed by atoms with Gasteiger partial charge in [-0.05, 0) is 19.3 Å². The van der Waals surface area contributed by atoms with Gasteiger partial charge in [0.15, 0.2) is 0 Å². The molecule has 8 nitrogen and oxygen atoms in total. The molecule has 1 amide bonds. The number of aliphatic hydroxyl groups excluding tert-OH is 1. The molecule has 0 aromatic carbocycles. The fourth-order valence-electron chi connectivity index (χ4n) is 2.93. The number of carboxylic acid groups (broad SMARTS) is 2. The average molecular weight is 316 g/mol. The number of amides is 1. The van der Waals surface area contributed by atoms with Crippen molar-refractivity contribution in [2.75, 3.05) is 32.7 Å². The number of β-amino-alcohol motifs (C(OH)–C–C–N with tert-alkyl or cyclic N) is 1. The second-order valence-corrected chi connectivity index (χ2v) is 5.67. The lowest BCUT2D eigenvalue weighted by Gasteiger charge is -2.28. The zero-order valence-electron chi connectivity index (χ0n) is 12.6. The molecule has 2 heterocycles. The van der Waals surface area contributed by atoms with Gasteiger partial charge in [-0.3, -0.25) is 19.3 Å². The van der Waals surface area contributed by atoms with E-state index in [1.807, 2.05) is 9.80 Å². The maximum absolute atomic E-state index is 12.1. The highest BCUT2D eigenvalue weighted by atomic mass is 16.4. The predicted octanol–water partition coefficient (Wildman–Crippen LogP) is -0.533. The first-order valence-electron chi connectivity index (χ1n) is 7.45. The molecule has 0 spiro atoms. The quantitative estimate of drug-likeness (QED) is 0.596. The third-order valence-electron chi connectivity index (χ3n) is 3.99. The molecule has 3 N–H and O–H groups in total. The summed E-state index contributed by atoms with van der Waals surface area (Å²) in [5.74, 6) is -1.05. The third kappa shape index (κ3) is 5.98. The van der Waals surface area contributed by atoms with Gasteiger partial charge in [0.25, 0.3) is 6.47 Å². The summed E-state index contributed by atoms with van der Waals surface area (Å²) in [4.78, 5) is 34.9. The van der Waals surface area contributed by atoms with Crippen LogP contribution < -0.4 is 0 Å². The van der Waals surface area contributed by atoms with Crippen LogP contribution in [0.3, 0.4) is 0 Å².